The molecule has 8 heteroatoms. The van der Waals surface area contributed by atoms with Crippen LogP contribution in [0, 0.1) is 13.8 Å². The lowest BCUT2D eigenvalue weighted by molar-refractivity contribution is -0.123. The first-order valence-electron chi connectivity index (χ1n) is 9.13. The van der Waals surface area contributed by atoms with Gasteiger partial charge in [-0.3, -0.25) is 4.79 Å². The molecule has 0 aliphatic carbocycles. The van der Waals surface area contributed by atoms with Crippen molar-refractivity contribution in [2.45, 2.75) is 13.8 Å². The minimum atomic E-state index is -0.385. The van der Waals surface area contributed by atoms with Gasteiger partial charge in [0.1, 0.15) is 0 Å². The zero-order chi connectivity index (χ0) is 21.7. The van der Waals surface area contributed by atoms with Crippen molar-refractivity contribution in [2.75, 3.05) is 13.7 Å². The highest BCUT2D eigenvalue weighted by molar-refractivity contribution is 6.43. The zero-order valence-corrected chi connectivity index (χ0v) is 18.3. The van der Waals surface area contributed by atoms with Crippen molar-refractivity contribution in [2.24, 2.45) is 5.10 Å². The maximum Gasteiger partial charge on any atom is 0.277 e. The van der Waals surface area contributed by atoms with Crippen LogP contribution in [0.2, 0.25) is 10.0 Å². The summed E-state index contributed by atoms with van der Waals surface area (Å²) >= 11 is 12.5. The maximum absolute atomic E-state index is 12.0. The van der Waals surface area contributed by atoms with E-state index in [0.717, 1.165) is 22.6 Å². The van der Waals surface area contributed by atoms with Gasteiger partial charge in [-0.05, 0) is 44.2 Å². The molecule has 1 aromatic heterocycles. The van der Waals surface area contributed by atoms with Gasteiger partial charge in [0.25, 0.3) is 5.91 Å². The Labute approximate surface area is 185 Å². The predicted octanol–water partition coefficient (Wildman–Crippen LogP) is 4.94. The number of carbonyl (C=O) groups excluding carboxylic acids is 1. The quantitative estimate of drug-likeness (QED) is 0.413. The number of para-hydroxylation sites is 2. The third kappa shape index (κ3) is 4.78. The topological polar surface area (TPSA) is 64.8 Å². The molecule has 2 aromatic carbocycles. The Kier molecular flexibility index (Phi) is 7.03. The fourth-order valence-electron chi connectivity index (χ4n) is 3.04. The summed E-state index contributed by atoms with van der Waals surface area (Å²) in [6, 6.07) is 14.5. The van der Waals surface area contributed by atoms with Gasteiger partial charge in [-0.2, -0.15) is 5.10 Å². The molecule has 0 bridgehead atoms. The van der Waals surface area contributed by atoms with Crippen LogP contribution >= 0.6 is 23.2 Å². The molecule has 0 unspecified atom stereocenters. The van der Waals surface area contributed by atoms with Gasteiger partial charge in [0.05, 0.1) is 29.1 Å². The molecule has 1 heterocycles. The Hall–Kier alpha value is -2.96. The van der Waals surface area contributed by atoms with E-state index in [2.05, 4.69) is 10.5 Å². The molecule has 0 saturated carbocycles. The normalized spacial score (nSPS) is 11.0. The van der Waals surface area contributed by atoms with Gasteiger partial charge in [0, 0.05) is 17.0 Å². The molecule has 1 N–H and O–H groups in total. The highest BCUT2D eigenvalue weighted by atomic mass is 35.5. The number of nitrogens with one attached hydrogen (secondary N) is 1. The van der Waals surface area contributed by atoms with Crippen LogP contribution in [0.5, 0.6) is 11.5 Å². The Morgan fingerprint density at radius 1 is 1.13 bits per heavy atom. The number of nitrogens with zero attached hydrogens (tertiary/aromatic N) is 2. The van der Waals surface area contributed by atoms with E-state index in [1.807, 2.05) is 42.7 Å². The van der Waals surface area contributed by atoms with Crippen molar-refractivity contribution in [1.29, 1.82) is 0 Å². The van der Waals surface area contributed by atoms with Crippen LogP contribution in [0.3, 0.4) is 0 Å². The minimum Gasteiger partial charge on any atom is -0.493 e. The van der Waals surface area contributed by atoms with Crippen molar-refractivity contribution in [3.05, 3.63) is 75.5 Å². The van der Waals surface area contributed by atoms with Crippen LogP contribution in [0.4, 0.5) is 0 Å². The van der Waals surface area contributed by atoms with Crippen LogP contribution < -0.4 is 14.9 Å². The summed E-state index contributed by atoms with van der Waals surface area (Å²) in [6.07, 6.45) is 1.58. The van der Waals surface area contributed by atoms with Gasteiger partial charge in [-0.1, -0.05) is 41.4 Å². The SMILES string of the molecule is COc1ccccc1OCC(=O)N/N=C/c1cc(C)n(-c2cccc(Cl)c2Cl)c1C. The number of hydrogen-bond donors (Lipinski definition) is 1. The summed E-state index contributed by atoms with van der Waals surface area (Å²) in [5.41, 5.74) is 5.97. The van der Waals surface area contributed by atoms with Crippen molar-refractivity contribution in [3.8, 4) is 17.2 Å². The lowest BCUT2D eigenvalue weighted by Gasteiger charge is -2.12. The third-order valence-electron chi connectivity index (χ3n) is 4.46. The number of aryl methyl sites for hydroxylation is 1. The second-order valence-corrected chi connectivity index (χ2v) is 7.25. The van der Waals surface area contributed by atoms with E-state index in [1.54, 1.807) is 37.6 Å². The van der Waals surface area contributed by atoms with Crippen molar-refractivity contribution >= 4 is 35.3 Å². The Morgan fingerprint density at radius 2 is 1.87 bits per heavy atom. The Balaban J connectivity index is 1.67. The Bertz CT molecular complexity index is 1090. The van der Waals surface area contributed by atoms with Gasteiger partial charge >= 0.3 is 0 Å². The van der Waals surface area contributed by atoms with Crippen LogP contribution in [-0.4, -0.2) is 30.4 Å². The summed E-state index contributed by atoms with van der Waals surface area (Å²) in [5.74, 6) is 0.658. The molecule has 0 spiro atoms. The van der Waals surface area contributed by atoms with E-state index in [-0.39, 0.29) is 12.5 Å². The number of benzene rings is 2. The van der Waals surface area contributed by atoms with E-state index >= 15 is 0 Å². The molecule has 1 amide bonds. The summed E-state index contributed by atoms with van der Waals surface area (Å²) in [5, 5.41) is 5.00. The first-order valence-corrected chi connectivity index (χ1v) is 9.89. The van der Waals surface area contributed by atoms with Gasteiger partial charge in [0.2, 0.25) is 0 Å². The van der Waals surface area contributed by atoms with E-state index in [0.29, 0.717) is 21.5 Å². The molecule has 0 atom stereocenters. The number of rotatable bonds is 7. The first-order chi connectivity index (χ1) is 14.4. The van der Waals surface area contributed by atoms with E-state index in [4.69, 9.17) is 32.7 Å². The lowest BCUT2D eigenvalue weighted by Crippen LogP contribution is -2.24. The molecule has 0 radical (unpaired) electrons. The van der Waals surface area contributed by atoms with E-state index in [1.165, 1.54) is 0 Å². The molecule has 0 fully saturated rings. The third-order valence-corrected chi connectivity index (χ3v) is 5.27. The Morgan fingerprint density at radius 3 is 2.60 bits per heavy atom. The standard InChI is InChI=1S/C22H21Cl2N3O3/c1-14-11-16(15(2)27(14)18-8-6-7-17(23)22(18)24)12-25-26-21(28)13-30-20-10-5-4-9-19(20)29-3/h4-12H,13H2,1-3H3,(H,26,28)/b25-12+. The van der Waals surface area contributed by atoms with Crippen LogP contribution in [-0.2, 0) is 4.79 Å². The van der Waals surface area contributed by atoms with E-state index in [9.17, 15) is 4.79 Å². The fourth-order valence-corrected chi connectivity index (χ4v) is 3.42. The fraction of sp³-hybridized carbons (Fsp3) is 0.182. The molecule has 156 valence electrons. The summed E-state index contributed by atoms with van der Waals surface area (Å²) in [4.78, 5) is 12.0. The molecule has 0 aliphatic heterocycles. The number of amides is 1. The molecule has 6 nitrogen and oxygen atoms in total. The van der Waals surface area contributed by atoms with Crippen LogP contribution in [0.25, 0.3) is 5.69 Å². The molecular weight excluding hydrogens is 425 g/mol. The molecule has 0 aliphatic rings. The van der Waals surface area contributed by atoms with Gasteiger partial charge in [-0.25, -0.2) is 5.43 Å². The molecule has 3 aromatic rings. The number of ether oxygens (including phenoxy) is 2. The highest BCUT2D eigenvalue weighted by Gasteiger charge is 2.14. The van der Waals surface area contributed by atoms with Crippen molar-refractivity contribution in [3.63, 3.8) is 0 Å². The number of methoxy groups -OCH3 is 1. The number of aromatic nitrogens is 1. The van der Waals surface area contributed by atoms with Crippen LogP contribution in [0.15, 0.2) is 53.6 Å². The summed E-state index contributed by atoms with van der Waals surface area (Å²) < 4.78 is 12.7. The zero-order valence-electron chi connectivity index (χ0n) is 16.8. The van der Waals surface area contributed by atoms with Crippen molar-refractivity contribution < 1.29 is 14.3 Å². The number of halogens is 2. The smallest absolute Gasteiger partial charge is 0.277 e. The number of hydrogen-bond acceptors (Lipinski definition) is 4. The largest absolute Gasteiger partial charge is 0.493 e. The average molecular weight is 446 g/mol. The lowest BCUT2D eigenvalue weighted by atomic mass is 10.2. The van der Waals surface area contributed by atoms with E-state index < -0.39 is 0 Å². The van der Waals surface area contributed by atoms with Gasteiger partial charge < -0.3 is 14.0 Å². The first kappa shape index (κ1) is 21.7. The second-order valence-electron chi connectivity index (χ2n) is 6.47. The average Bonchev–Trinajstić information content (AvgIpc) is 3.02. The summed E-state index contributed by atoms with van der Waals surface area (Å²) in [6.45, 7) is 3.72. The minimum absolute atomic E-state index is 0.186. The molecule has 3 rings (SSSR count). The molecular formula is C22H21Cl2N3O3. The molecule has 0 saturated heterocycles. The molecule has 30 heavy (non-hydrogen) atoms. The van der Waals surface area contributed by atoms with Crippen molar-refractivity contribution in [1.82, 2.24) is 9.99 Å². The van der Waals surface area contributed by atoms with Gasteiger partial charge in [0.15, 0.2) is 18.1 Å². The predicted molar refractivity (Wildman–Crippen MR) is 119 cm³/mol. The van der Waals surface area contributed by atoms with Crippen LogP contribution in [0.1, 0.15) is 17.0 Å². The summed E-state index contributed by atoms with van der Waals surface area (Å²) in [7, 11) is 1.54. The number of hydrazone groups is 1. The maximum atomic E-state index is 12.0. The highest BCUT2D eigenvalue weighted by Crippen LogP contribution is 2.31. The second kappa shape index (κ2) is 9.69. The van der Waals surface area contributed by atoms with Gasteiger partial charge in [-0.15, -0.1) is 0 Å². The monoisotopic (exact) mass is 445 g/mol. The number of carbonyl (C=O) groups is 1.